The minimum atomic E-state index is -1.32. The van der Waals surface area contributed by atoms with Crippen molar-refractivity contribution >= 4 is 51.4 Å². The quantitative estimate of drug-likeness (QED) is 0.0969. The summed E-state index contributed by atoms with van der Waals surface area (Å²) < 4.78 is 1.15. The number of carboxylic acid groups (broad SMARTS) is 1. The zero-order valence-corrected chi connectivity index (χ0v) is 27.3. The van der Waals surface area contributed by atoms with Crippen molar-refractivity contribution in [3.8, 4) is 5.75 Å². The summed E-state index contributed by atoms with van der Waals surface area (Å²) in [6.45, 7) is 0.512. The summed E-state index contributed by atoms with van der Waals surface area (Å²) in [6, 6.07) is 19.3. The Labute approximate surface area is 285 Å². The zero-order chi connectivity index (χ0) is 35.9. The van der Waals surface area contributed by atoms with Crippen molar-refractivity contribution in [1.82, 2.24) is 30.8 Å². The Kier molecular flexibility index (Phi) is 10.6. The molecule has 0 saturated heterocycles. The van der Waals surface area contributed by atoms with E-state index in [9.17, 15) is 33.9 Å². The summed E-state index contributed by atoms with van der Waals surface area (Å²) in [5.41, 5.74) is 1.84. The van der Waals surface area contributed by atoms with Crippen LogP contribution in [-0.2, 0) is 45.6 Å². The highest BCUT2D eigenvalue weighted by Gasteiger charge is 2.28. The summed E-state index contributed by atoms with van der Waals surface area (Å²) in [5, 5.41) is 31.3. The molecular weight excluding hydrogens is 644 g/mol. The van der Waals surface area contributed by atoms with Crippen LogP contribution in [0.25, 0.3) is 21.8 Å². The molecule has 7 N–H and O–H groups in total. The lowest BCUT2D eigenvalue weighted by atomic mass is 10.0. The molecule has 5 rings (SSSR count). The van der Waals surface area contributed by atoms with E-state index in [1.54, 1.807) is 18.3 Å². The second kappa shape index (κ2) is 15.2. The number of aromatic amines is 1. The Bertz CT molecular complexity index is 2160. The van der Waals surface area contributed by atoms with Crippen molar-refractivity contribution < 1.29 is 34.2 Å². The average Bonchev–Trinajstić information content (AvgIpc) is 3.51. The lowest BCUT2D eigenvalue weighted by molar-refractivity contribution is -0.135. The van der Waals surface area contributed by atoms with Gasteiger partial charge in [0.15, 0.2) is 0 Å². The number of rotatable bonds is 13. The van der Waals surface area contributed by atoms with Gasteiger partial charge in [0.2, 0.25) is 17.7 Å². The third-order valence-corrected chi connectivity index (χ3v) is 8.24. The van der Waals surface area contributed by atoms with Crippen LogP contribution in [0, 0.1) is 0 Å². The van der Waals surface area contributed by atoms with Crippen LogP contribution in [0.5, 0.6) is 5.75 Å². The van der Waals surface area contributed by atoms with E-state index < -0.39 is 65.1 Å². The highest BCUT2D eigenvalue weighted by atomic mass is 16.4. The van der Waals surface area contributed by atoms with Gasteiger partial charge in [0.1, 0.15) is 29.9 Å². The fourth-order valence-corrected chi connectivity index (χ4v) is 5.76. The lowest BCUT2D eigenvalue weighted by Crippen LogP contribution is -2.54. The van der Waals surface area contributed by atoms with E-state index >= 15 is 0 Å². The van der Waals surface area contributed by atoms with Crippen LogP contribution in [0.1, 0.15) is 34.0 Å². The molecule has 2 aromatic heterocycles. The molecule has 50 heavy (non-hydrogen) atoms. The number of aryl methyl sites for hydroxylation is 1. The van der Waals surface area contributed by atoms with Crippen LogP contribution in [0.2, 0.25) is 0 Å². The SMILES string of the molecule is CC(=O)N[C@@H](Cc1c[nH]c2ccccc12)C(=O)N[C@@H](Cc1ccccc1)C(=O)NCc1ccc2c(c1)c(O)c(C(=O)NCC(=O)O)c(=O)n2C. The molecule has 0 spiro atoms. The number of amides is 4. The van der Waals surface area contributed by atoms with E-state index in [2.05, 4.69) is 26.3 Å². The molecule has 2 atom stereocenters. The molecule has 4 amide bonds. The number of carbonyl (C=O) groups is 5. The number of nitrogens with zero attached hydrogens (tertiary/aromatic N) is 1. The topological polar surface area (TPSA) is 212 Å². The molecule has 0 saturated carbocycles. The highest BCUT2D eigenvalue weighted by molar-refractivity contribution is 6.03. The molecule has 3 aromatic carbocycles. The first kappa shape index (κ1) is 34.9. The van der Waals surface area contributed by atoms with E-state index in [1.165, 1.54) is 20.0 Å². The minimum absolute atomic E-state index is 0.0524. The standard InChI is InChI=1S/C36H36N6O8/c1-20(43)40-28(16-23-18-37-26-11-7-6-10-24(23)26)34(48)41-27(15-21-8-4-3-5-9-21)33(47)38-17-22-12-13-29-25(14-22)32(46)31(36(50)42(29)2)35(49)39-19-30(44)45/h3-14,18,27-28,37,46H,15-17,19H2,1-2H3,(H,38,47)(H,39,49)(H,40,43)(H,41,48)(H,44,45)/t27-,28-/m0/s1. The van der Waals surface area contributed by atoms with Crippen molar-refractivity contribution in [2.45, 2.75) is 38.4 Å². The first-order chi connectivity index (χ1) is 23.9. The van der Waals surface area contributed by atoms with Gasteiger partial charge in [0, 0.05) is 55.8 Å². The van der Waals surface area contributed by atoms with Crippen molar-refractivity contribution in [3.05, 3.63) is 112 Å². The van der Waals surface area contributed by atoms with Crippen LogP contribution in [0.15, 0.2) is 83.8 Å². The monoisotopic (exact) mass is 680 g/mol. The number of nitrogens with one attached hydrogen (secondary N) is 5. The van der Waals surface area contributed by atoms with Gasteiger partial charge in [0.25, 0.3) is 11.5 Å². The van der Waals surface area contributed by atoms with Crippen molar-refractivity contribution in [1.29, 1.82) is 0 Å². The van der Waals surface area contributed by atoms with Crippen molar-refractivity contribution in [3.63, 3.8) is 0 Å². The number of carbonyl (C=O) groups excluding carboxylic acids is 4. The van der Waals surface area contributed by atoms with Crippen LogP contribution >= 0.6 is 0 Å². The smallest absolute Gasteiger partial charge is 0.322 e. The Morgan fingerprint density at radius 2 is 1.52 bits per heavy atom. The first-order valence-corrected chi connectivity index (χ1v) is 15.7. The molecule has 5 aromatic rings. The number of aromatic hydroxyl groups is 1. The highest BCUT2D eigenvalue weighted by Crippen LogP contribution is 2.27. The number of aromatic nitrogens is 2. The van der Waals surface area contributed by atoms with Gasteiger partial charge >= 0.3 is 5.97 Å². The molecule has 14 nitrogen and oxygen atoms in total. The van der Waals surface area contributed by atoms with Gasteiger partial charge in [0.05, 0.1) is 5.52 Å². The number of benzene rings is 3. The van der Waals surface area contributed by atoms with E-state index in [4.69, 9.17) is 5.11 Å². The number of carboxylic acids is 1. The number of H-pyrrole nitrogens is 1. The molecule has 0 aliphatic heterocycles. The fourth-order valence-electron chi connectivity index (χ4n) is 5.76. The summed E-state index contributed by atoms with van der Waals surface area (Å²) >= 11 is 0. The van der Waals surface area contributed by atoms with Crippen LogP contribution < -0.4 is 26.8 Å². The number of hydrogen-bond acceptors (Lipinski definition) is 7. The Morgan fingerprint density at radius 1 is 0.820 bits per heavy atom. The lowest BCUT2D eigenvalue weighted by Gasteiger charge is -2.23. The van der Waals surface area contributed by atoms with Crippen LogP contribution in [-0.4, -0.2) is 68.0 Å². The average molecular weight is 681 g/mol. The van der Waals surface area contributed by atoms with Crippen molar-refractivity contribution in [2.75, 3.05) is 6.54 Å². The van der Waals surface area contributed by atoms with Crippen LogP contribution in [0.4, 0.5) is 0 Å². The molecule has 0 fully saturated rings. The number of hydrogen-bond donors (Lipinski definition) is 7. The maximum Gasteiger partial charge on any atom is 0.322 e. The molecule has 2 heterocycles. The van der Waals surface area contributed by atoms with E-state index in [0.29, 0.717) is 11.1 Å². The maximum atomic E-state index is 13.7. The third kappa shape index (κ3) is 7.98. The number of fused-ring (bicyclic) bond motifs is 2. The summed E-state index contributed by atoms with van der Waals surface area (Å²) in [4.78, 5) is 79.0. The summed E-state index contributed by atoms with van der Waals surface area (Å²) in [5.74, 6) is -4.48. The van der Waals surface area contributed by atoms with E-state index in [-0.39, 0.29) is 24.8 Å². The first-order valence-electron chi connectivity index (χ1n) is 15.7. The van der Waals surface area contributed by atoms with Gasteiger partial charge in [-0.05, 0) is 34.9 Å². The molecule has 0 bridgehead atoms. The molecule has 0 aliphatic rings. The van der Waals surface area contributed by atoms with Crippen molar-refractivity contribution in [2.24, 2.45) is 7.05 Å². The van der Waals surface area contributed by atoms with Crippen LogP contribution in [0.3, 0.4) is 0 Å². The maximum absolute atomic E-state index is 13.7. The third-order valence-electron chi connectivity index (χ3n) is 8.24. The van der Waals surface area contributed by atoms with Gasteiger partial charge in [-0.2, -0.15) is 0 Å². The zero-order valence-electron chi connectivity index (χ0n) is 27.3. The van der Waals surface area contributed by atoms with Gasteiger partial charge in [-0.3, -0.25) is 28.8 Å². The Hall–Kier alpha value is -6.44. The van der Waals surface area contributed by atoms with E-state index in [0.717, 1.165) is 26.6 Å². The minimum Gasteiger partial charge on any atom is -0.506 e. The predicted octanol–water partition coefficient (Wildman–Crippen LogP) is 1.63. The van der Waals surface area contributed by atoms with E-state index in [1.807, 2.05) is 54.6 Å². The molecular formula is C36H36N6O8. The normalized spacial score (nSPS) is 12.2. The van der Waals surface area contributed by atoms with Gasteiger partial charge in [-0.15, -0.1) is 0 Å². The molecule has 258 valence electrons. The fraction of sp³-hybridized carbons (Fsp3) is 0.222. The number of aliphatic carboxylic acids is 1. The molecule has 0 radical (unpaired) electrons. The summed E-state index contributed by atoms with van der Waals surface area (Å²) in [7, 11) is 1.41. The molecule has 0 aliphatic carbocycles. The predicted molar refractivity (Wildman–Crippen MR) is 184 cm³/mol. The number of pyridine rings is 1. The second-order valence-corrected chi connectivity index (χ2v) is 11.8. The Morgan fingerprint density at radius 3 is 2.24 bits per heavy atom. The second-order valence-electron chi connectivity index (χ2n) is 11.8. The molecule has 0 unspecified atom stereocenters. The van der Waals surface area contributed by atoms with Gasteiger partial charge in [-0.25, -0.2) is 0 Å². The largest absolute Gasteiger partial charge is 0.506 e. The summed E-state index contributed by atoms with van der Waals surface area (Å²) in [6.07, 6.45) is 2.10. The Balaban J connectivity index is 1.37. The van der Waals surface area contributed by atoms with Gasteiger partial charge in [-0.1, -0.05) is 54.6 Å². The molecule has 14 heteroatoms. The number of para-hydroxylation sites is 1. The van der Waals surface area contributed by atoms with Gasteiger partial charge < -0.3 is 41.0 Å².